The molecule has 0 unspecified atom stereocenters. The van der Waals surface area contributed by atoms with Crippen molar-refractivity contribution in [3.8, 4) is 0 Å². The second-order valence-electron chi connectivity index (χ2n) is 4.69. The van der Waals surface area contributed by atoms with Gasteiger partial charge in [-0.3, -0.25) is 10.1 Å². The van der Waals surface area contributed by atoms with Crippen LogP contribution in [0.3, 0.4) is 0 Å². The van der Waals surface area contributed by atoms with E-state index in [1.165, 1.54) is 10.6 Å². The summed E-state index contributed by atoms with van der Waals surface area (Å²) in [7, 11) is 0. The van der Waals surface area contributed by atoms with Gasteiger partial charge in [0.25, 0.3) is 11.3 Å². The maximum absolute atomic E-state index is 11.1. The molecule has 0 aliphatic heterocycles. The predicted molar refractivity (Wildman–Crippen MR) is 76.9 cm³/mol. The van der Waals surface area contributed by atoms with Gasteiger partial charge in [0.2, 0.25) is 0 Å². The summed E-state index contributed by atoms with van der Waals surface area (Å²) in [5.74, 6) is -0.579. The zero-order valence-electron chi connectivity index (χ0n) is 11.8. The lowest BCUT2D eigenvalue weighted by Gasteiger charge is -1.95. The molecule has 15 heteroatoms. The monoisotopic (exact) mass is 341 g/mol. The van der Waals surface area contributed by atoms with Gasteiger partial charge in [-0.05, 0) is 25.6 Å². The number of azide groups is 1. The molecule has 0 bridgehead atoms. The lowest BCUT2D eigenvalue weighted by atomic mass is 10.3. The Morgan fingerprint density at radius 2 is 2.12 bits per heavy atom. The minimum Gasteiger partial charge on any atom is -0.358 e. The molecule has 0 amide bonds. The molecule has 4 aromatic heterocycles. The van der Waals surface area contributed by atoms with Crippen LogP contribution in [0.4, 0.5) is 17.2 Å². The summed E-state index contributed by atoms with van der Waals surface area (Å²) in [6, 6.07) is 2.15. The molecule has 4 heterocycles. The van der Waals surface area contributed by atoms with Crippen molar-refractivity contribution in [1.82, 2.24) is 24.7 Å². The third-order valence-corrected chi connectivity index (χ3v) is 3.31. The second kappa shape index (κ2) is 4.80. The summed E-state index contributed by atoms with van der Waals surface area (Å²) in [5, 5.41) is 33.4. The van der Waals surface area contributed by atoms with Gasteiger partial charge in [-0.2, -0.15) is 0 Å². The van der Waals surface area contributed by atoms with E-state index in [-0.39, 0.29) is 33.7 Å². The molecule has 0 saturated heterocycles. The highest BCUT2D eigenvalue weighted by Crippen LogP contribution is 2.28. The van der Waals surface area contributed by atoms with Gasteiger partial charge in [0.05, 0.1) is 16.8 Å². The lowest BCUT2D eigenvalue weighted by Crippen LogP contribution is -2.33. The maximum atomic E-state index is 11.1. The normalized spacial score (nSPS) is 11.0. The van der Waals surface area contributed by atoms with E-state index in [1.54, 1.807) is 0 Å². The minimum atomic E-state index is -0.765. The second-order valence-corrected chi connectivity index (χ2v) is 4.69. The number of fused-ring (bicyclic) bond motifs is 5. The zero-order valence-corrected chi connectivity index (χ0v) is 11.8. The Labute approximate surface area is 134 Å². The molecule has 0 saturated carbocycles. The number of pyridine rings is 2. The van der Waals surface area contributed by atoms with Crippen molar-refractivity contribution in [2.75, 3.05) is 0 Å². The molecule has 4 rings (SSSR count). The van der Waals surface area contributed by atoms with Crippen molar-refractivity contribution in [3.05, 3.63) is 49.0 Å². The molecule has 0 radical (unpaired) electrons. The number of hydrogen-bond donors (Lipinski definition) is 0. The minimum absolute atomic E-state index is 0.0457. The maximum Gasteiger partial charge on any atom is 0.365 e. The van der Waals surface area contributed by atoms with Crippen LogP contribution in [0.25, 0.3) is 32.8 Å². The van der Waals surface area contributed by atoms with Crippen molar-refractivity contribution in [3.63, 3.8) is 0 Å². The molecular formula is C10H3N11O4. The van der Waals surface area contributed by atoms with E-state index in [0.29, 0.717) is 0 Å². The molecule has 0 aliphatic rings. The Balaban J connectivity index is 2.19. The molecule has 122 valence electrons. The summed E-state index contributed by atoms with van der Waals surface area (Å²) < 4.78 is 2.22. The van der Waals surface area contributed by atoms with Crippen LogP contribution < -0.4 is 9.84 Å². The Bertz CT molecular complexity index is 1260. The first-order valence-corrected chi connectivity index (χ1v) is 6.42. The Morgan fingerprint density at radius 1 is 1.32 bits per heavy atom. The van der Waals surface area contributed by atoms with Gasteiger partial charge in [0.15, 0.2) is 5.52 Å². The predicted octanol–water partition coefficient (Wildman–Crippen LogP) is 0.732. The number of nitro groups is 2. The van der Waals surface area contributed by atoms with Crippen LogP contribution in [0.15, 0.2) is 23.4 Å². The summed E-state index contributed by atoms with van der Waals surface area (Å²) >= 11 is 0. The molecular weight excluding hydrogens is 338 g/mol. The lowest BCUT2D eigenvalue weighted by molar-refractivity contribution is -0.727. The van der Waals surface area contributed by atoms with Crippen molar-refractivity contribution < 1.29 is 14.6 Å². The van der Waals surface area contributed by atoms with Crippen LogP contribution in [-0.4, -0.2) is 29.4 Å². The van der Waals surface area contributed by atoms with Crippen LogP contribution in [0.2, 0.25) is 0 Å². The van der Waals surface area contributed by atoms with Crippen molar-refractivity contribution in [2.24, 2.45) is 5.11 Å². The Kier molecular flexibility index (Phi) is 2.73. The molecule has 0 aromatic carbocycles. The van der Waals surface area contributed by atoms with E-state index in [0.717, 1.165) is 17.0 Å². The molecule has 0 fully saturated rings. The molecule has 0 aliphatic carbocycles. The van der Waals surface area contributed by atoms with E-state index >= 15 is 0 Å². The highest BCUT2D eigenvalue weighted by molar-refractivity contribution is 5.86. The van der Waals surface area contributed by atoms with Gasteiger partial charge in [0, 0.05) is 21.8 Å². The first-order valence-electron chi connectivity index (χ1n) is 6.42. The highest BCUT2D eigenvalue weighted by atomic mass is 16.6. The third-order valence-electron chi connectivity index (χ3n) is 3.31. The molecule has 0 N–H and O–H groups in total. The van der Waals surface area contributed by atoms with Gasteiger partial charge in [-0.25, -0.2) is 0 Å². The summed E-state index contributed by atoms with van der Waals surface area (Å²) in [4.78, 5) is 30.9. The fourth-order valence-corrected chi connectivity index (χ4v) is 2.31. The average Bonchev–Trinajstić information content (AvgIpc) is 3.10. The summed E-state index contributed by atoms with van der Waals surface area (Å²) in [6.45, 7) is 0. The molecule has 25 heavy (non-hydrogen) atoms. The average molecular weight is 341 g/mol. The van der Waals surface area contributed by atoms with E-state index < -0.39 is 15.7 Å². The standard InChI is InChI=1S/C10H3N11O4/c11-17-14-5-2-7(20(24)25)13-10-8(5)15-21-16-9-6(18(10)21)1-4(3-12-9)19(22)23/h1-3H. The summed E-state index contributed by atoms with van der Waals surface area (Å²) in [6.07, 6.45) is 1.03. The molecule has 15 nitrogen and oxygen atoms in total. The summed E-state index contributed by atoms with van der Waals surface area (Å²) in [5.41, 5.74) is 8.49. The molecule has 0 spiro atoms. The smallest absolute Gasteiger partial charge is 0.358 e. The van der Waals surface area contributed by atoms with E-state index in [1.807, 2.05) is 0 Å². The molecule has 0 atom stereocenters. The number of rotatable bonds is 3. The number of hydrogen-bond acceptors (Lipinski definition) is 8. The number of aromatic nitrogens is 6. The first-order chi connectivity index (χ1) is 12.0. The fraction of sp³-hybridized carbons (Fsp3) is 0. The van der Waals surface area contributed by atoms with E-state index in [9.17, 15) is 20.2 Å². The zero-order chi connectivity index (χ0) is 17.7. The van der Waals surface area contributed by atoms with Gasteiger partial charge >= 0.3 is 5.82 Å². The van der Waals surface area contributed by atoms with Crippen LogP contribution in [0, 0.1) is 20.2 Å². The van der Waals surface area contributed by atoms with Crippen LogP contribution in [0.1, 0.15) is 0 Å². The van der Waals surface area contributed by atoms with Crippen LogP contribution in [-0.2, 0) is 0 Å². The van der Waals surface area contributed by atoms with Gasteiger partial charge in [-0.1, -0.05) is 9.63 Å². The van der Waals surface area contributed by atoms with Gasteiger partial charge < -0.3 is 15.1 Å². The molecule has 4 aromatic rings. The van der Waals surface area contributed by atoms with E-state index in [4.69, 9.17) is 5.53 Å². The van der Waals surface area contributed by atoms with Gasteiger partial charge in [0.1, 0.15) is 11.2 Å². The fourth-order valence-electron chi connectivity index (χ4n) is 2.31. The Hall–Kier alpha value is -4.39. The van der Waals surface area contributed by atoms with Crippen molar-refractivity contribution >= 4 is 39.5 Å². The Morgan fingerprint density at radius 3 is 2.80 bits per heavy atom. The van der Waals surface area contributed by atoms with Gasteiger partial charge in [-0.15, -0.1) is 0 Å². The third kappa shape index (κ3) is 1.97. The topological polar surface area (TPSA) is 196 Å². The highest BCUT2D eigenvalue weighted by Gasteiger charge is 2.24. The van der Waals surface area contributed by atoms with Crippen molar-refractivity contribution in [1.29, 1.82) is 0 Å². The largest absolute Gasteiger partial charge is 0.365 e. The van der Waals surface area contributed by atoms with Crippen molar-refractivity contribution in [2.45, 2.75) is 0 Å². The SMILES string of the molecule is [N-]=[N+]=Nc1cc([N+](=O)[O-])nc2c1n[n+]1[n-]c3ncc([N+](=O)[O-])cc3n21. The van der Waals surface area contributed by atoms with E-state index in [2.05, 4.69) is 30.2 Å². The number of nitrogens with zero attached hydrogens (tertiary/aromatic N) is 11. The first kappa shape index (κ1) is 14.2. The quantitative estimate of drug-likeness (QED) is 0.130. The van der Waals surface area contributed by atoms with Crippen LogP contribution >= 0.6 is 0 Å². The van der Waals surface area contributed by atoms with Crippen LogP contribution in [0.5, 0.6) is 0 Å².